The highest BCUT2D eigenvalue weighted by Crippen LogP contribution is 2.41. The average Bonchev–Trinajstić information content (AvgIpc) is 2.77. The zero-order valence-electron chi connectivity index (χ0n) is 23.7. The van der Waals surface area contributed by atoms with Crippen LogP contribution in [0.4, 0.5) is 0 Å². The minimum absolute atomic E-state index is 0.110. The Kier molecular flexibility index (Phi) is 9.50. The summed E-state index contributed by atoms with van der Waals surface area (Å²) in [6, 6.07) is 13.8. The smallest absolute Gasteiger partial charge is 0.339 e. The van der Waals surface area contributed by atoms with Crippen LogP contribution in [0.3, 0.4) is 0 Å². The third kappa shape index (κ3) is 8.50. The molecule has 2 aromatic rings. The molecule has 38 heavy (non-hydrogen) atoms. The molecule has 2 saturated carbocycles. The number of para-hydroxylation sites is 2. The molecule has 2 aliphatic carbocycles. The van der Waals surface area contributed by atoms with Gasteiger partial charge < -0.3 is 19.7 Å². The van der Waals surface area contributed by atoms with Crippen LogP contribution in [-0.2, 0) is 0 Å². The van der Waals surface area contributed by atoms with Crippen LogP contribution in [0.15, 0.2) is 48.5 Å². The van der Waals surface area contributed by atoms with Gasteiger partial charge in [0.2, 0.25) is 0 Å². The van der Waals surface area contributed by atoms with Crippen molar-refractivity contribution in [1.82, 2.24) is 0 Å². The van der Waals surface area contributed by atoms with Gasteiger partial charge in [-0.3, -0.25) is 0 Å². The molecular formula is C32H44O6. The largest absolute Gasteiger partial charge is 0.489 e. The molecule has 0 radical (unpaired) electrons. The summed E-state index contributed by atoms with van der Waals surface area (Å²) < 4.78 is 11.9. The van der Waals surface area contributed by atoms with Gasteiger partial charge in [0, 0.05) is 0 Å². The molecule has 2 N–H and O–H groups in total. The van der Waals surface area contributed by atoms with Crippen molar-refractivity contribution in [2.45, 2.75) is 92.3 Å². The van der Waals surface area contributed by atoms with E-state index in [0.717, 1.165) is 25.7 Å². The molecule has 2 aliphatic rings. The van der Waals surface area contributed by atoms with E-state index in [2.05, 4.69) is 41.5 Å². The monoisotopic (exact) mass is 524 g/mol. The molecule has 208 valence electrons. The Hall–Kier alpha value is -3.02. The summed E-state index contributed by atoms with van der Waals surface area (Å²) in [6.07, 6.45) is 6.57. The second kappa shape index (κ2) is 12.2. The highest BCUT2D eigenvalue weighted by Gasteiger charge is 2.34. The minimum Gasteiger partial charge on any atom is -0.489 e. The fraction of sp³-hybridized carbons (Fsp3) is 0.562. The number of carboxylic acids is 2. The molecule has 0 saturated heterocycles. The lowest BCUT2D eigenvalue weighted by Crippen LogP contribution is -2.34. The summed E-state index contributed by atoms with van der Waals surface area (Å²) >= 11 is 0. The highest BCUT2D eigenvalue weighted by molar-refractivity contribution is 5.91. The first kappa shape index (κ1) is 29.5. The van der Waals surface area contributed by atoms with Gasteiger partial charge in [0.15, 0.2) is 0 Å². The maximum Gasteiger partial charge on any atom is 0.339 e. The highest BCUT2D eigenvalue weighted by atomic mass is 16.5. The normalized spacial score (nSPS) is 25.8. The minimum atomic E-state index is -0.932. The van der Waals surface area contributed by atoms with E-state index >= 15 is 0 Å². The van der Waals surface area contributed by atoms with Crippen molar-refractivity contribution in [3.63, 3.8) is 0 Å². The molecule has 0 spiro atoms. The van der Waals surface area contributed by atoms with Gasteiger partial charge in [0.1, 0.15) is 22.6 Å². The first-order valence-corrected chi connectivity index (χ1v) is 13.7. The Morgan fingerprint density at radius 3 is 1.32 bits per heavy atom. The van der Waals surface area contributed by atoms with Gasteiger partial charge in [-0.05, 0) is 85.5 Å². The molecule has 2 aromatic carbocycles. The number of hydrogen-bond acceptors (Lipinski definition) is 4. The number of carboxylic acid groups (broad SMARTS) is 2. The van der Waals surface area contributed by atoms with E-state index in [-0.39, 0.29) is 34.2 Å². The van der Waals surface area contributed by atoms with Crippen LogP contribution in [0.25, 0.3) is 0 Å². The average molecular weight is 525 g/mol. The van der Waals surface area contributed by atoms with Gasteiger partial charge >= 0.3 is 11.9 Å². The molecule has 4 unspecified atom stereocenters. The standard InChI is InChI=1S/2C16H22O3/c2*1-11-8-12(10-16(2,3)9-11)19-14-7-5-4-6-13(14)15(17)18/h2*4-7,11-12H,8-10H2,1-3H3,(H,17,18). The van der Waals surface area contributed by atoms with Gasteiger partial charge in [-0.15, -0.1) is 0 Å². The Morgan fingerprint density at radius 1 is 0.658 bits per heavy atom. The van der Waals surface area contributed by atoms with Crippen LogP contribution in [0.1, 0.15) is 101 Å². The van der Waals surface area contributed by atoms with Gasteiger partial charge in [-0.1, -0.05) is 65.8 Å². The second-order valence-electron chi connectivity index (χ2n) is 12.9. The number of hydrogen-bond donors (Lipinski definition) is 2. The Morgan fingerprint density at radius 2 is 1.00 bits per heavy atom. The first-order valence-electron chi connectivity index (χ1n) is 13.7. The molecule has 0 amide bonds. The maximum atomic E-state index is 11.2. The Labute approximate surface area is 227 Å². The third-order valence-electron chi connectivity index (χ3n) is 7.52. The van der Waals surface area contributed by atoms with Crippen molar-refractivity contribution >= 4 is 11.9 Å². The van der Waals surface area contributed by atoms with Crippen LogP contribution in [0.2, 0.25) is 0 Å². The lowest BCUT2D eigenvalue weighted by atomic mass is 9.71. The Balaban J connectivity index is 0.000000211. The first-order chi connectivity index (χ1) is 17.7. The summed E-state index contributed by atoms with van der Waals surface area (Å²) in [7, 11) is 0. The summed E-state index contributed by atoms with van der Waals surface area (Å²) in [5.41, 5.74) is 1.03. The number of ether oxygens (including phenoxy) is 2. The van der Waals surface area contributed by atoms with Crippen molar-refractivity contribution in [3.05, 3.63) is 59.7 Å². The lowest BCUT2D eigenvalue weighted by Gasteiger charge is -2.39. The number of benzene rings is 2. The fourth-order valence-electron chi connectivity index (χ4n) is 6.55. The summed E-state index contributed by atoms with van der Waals surface area (Å²) in [5, 5.41) is 18.3. The molecule has 4 rings (SSSR count). The van der Waals surface area contributed by atoms with Crippen LogP contribution in [0, 0.1) is 22.7 Å². The molecule has 4 atom stereocenters. The third-order valence-corrected chi connectivity index (χ3v) is 7.52. The summed E-state index contributed by atoms with van der Waals surface area (Å²) in [6.45, 7) is 13.5. The number of carbonyl (C=O) groups is 2. The van der Waals surface area contributed by atoms with E-state index in [9.17, 15) is 9.59 Å². The molecule has 0 heterocycles. The van der Waals surface area contributed by atoms with Crippen LogP contribution in [0.5, 0.6) is 11.5 Å². The number of aromatic carboxylic acids is 2. The zero-order chi connectivity index (χ0) is 28.1. The van der Waals surface area contributed by atoms with Crippen molar-refractivity contribution < 1.29 is 29.3 Å². The quantitative estimate of drug-likeness (QED) is 0.398. The molecule has 0 bridgehead atoms. The Bertz CT molecular complexity index is 1020. The van der Waals surface area contributed by atoms with Crippen LogP contribution in [-0.4, -0.2) is 34.4 Å². The van der Waals surface area contributed by atoms with Gasteiger partial charge in [0.05, 0.1) is 12.2 Å². The van der Waals surface area contributed by atoms with E-state index < -0.39 is 11.9 Å². The molecule has 2 fully saturated rings. The van der Waals surface area contributed by atoms with E-state index in [0.29, 0.717) is 23.3 Å². The fourth-order valence-corrected chi connectivity index (χ4v) is 6.55. The SMILES string of the molecule is CC1CC(Oc2ccccc2C(=O)O)CC(C)(C)C1.CC1CC(Oc2ccccc2C(=O)O)CC(C)(C)C1. The van der Waals surface area contributed by atoms with Crippen molar-refractivity contribution in [1.29, 1.82) is 0 Å². The molecule has 0 aromatic heterocycles. The van der Waals surface area contributed by atoms with E-state index in [1.807, 2.05) is 12.1 Å². The van der Waals surface area contributed by atoms with Gasteiger partial charge in [0.25, 0.3) is 0 Å². The van der Waals surface area contributed by atoms with E-state index in [1.54, 1.807) is 36.4 Å². The summed E-state index contributed by atoms with van der Waals surface area (Å²) in [5.74, 6) is 0.351. The van der Waals surface area contributed by atoms with Gasteiger partial charge in [-0.25, -0.2) is 9.59 Å². The predicted octanol–water partition coefficient (Wildman–Crippen LogP) is 7.96. The van der Waals surface area contributed by atoms with E-state index in [1.165, 1.54) is 12.8 Å². The molecular weight excluding hydrogens is 480 g/mol. The van der Waals surface area contributed by atoms with Crippen molar-refractivity contribution in [2.75, 3.05) is 0 Å². The molecule has 6 heteroatoms. The maximum absolute atomic E-state index is 11.2. The van der Waals surface area contributed by atoms with E-state index in [4.69, 9.17) is 19.7 Å². The predicted molar refractivity (Wildman–Crippen MR) is 149 cm³/mol. The lowest BCUT2D eigenvalue weighted by molar-refractivity contribution is 0.0522. The topological polar surface area (TPSA) is 93.1 Å². The zero-order valence-corrected chi connectivity index (χ0v) is 23.7. The van der Waals surface area contributed by atoms with Crippen molar-refractivity contribution in [3.8, 4) is 11.5 Å². The molecule has 0 aliphatic heterocycles. The van der Waals surface area contributed by atoms with Crippen LogP contribution >= 0.6 is 0 Å². The summed E-state index contributed by atoms with van der Waals surface area (Å²) in [4.78, 5) is 22.4. The second-order valence-corrected chi connectivity index (χ2v) is 12.9. The van der Waals surface area contributed by atoms with Crippen LogP contribution < -0.4 is 9.47 Å². The molecule has 6 nitrogen and oxygen atoms in total. The van der Waals surface area contributed by atoms with Gasteiger partial charge in [-0.2, -0.15) is 0 Å². The van der Waals surface area contributed by atoms with Crippen molar-refractivity contribution in [2.24, 2.45) is 22.7 Å². The number of rotatable bonds is 6.